The van der Waals surface area contributed by atoms with Crippen molar-refractivity contribution in [2.45, 2.75) is 12.5 Å². The molecule has 16 heavy (non-hydrogen) atoms. The van der Waals surface area contributed by atoms with Crippen LogP contribution in [0.2, 0.25) is 5.02 Å². The molecule has 0 heterocycles. The molecule has 0 bridgehead atoms. The van der Waals surface area contributed by atoms with E-state index < -0.39 is 12.0 Å². The van der Waals surface area contributed by atoms with Gasteiger partial charge in [-0.05, 0) is 23.8 Å². The number of carboxylic acids is 1. The van der Waals surface area contributed by atoms with Crippen molar-refractivity contribution in [2.75, 3.05) is 7.11 Å². The van der Waals surface area contributed by atoms with Gasteiger partial charge < -0.3 is 15.6 Å². The zero-order valence-corrected chi connectivity index (χ0v) is 10.2. The zero-order chi connectivity index (χ0) is 11.4. The third-order valence-electron chi connectivity index (χ3n) is 1.95. The van der Waals surface area contributed by atoms with E-state index >= 15 is 0 Å². The Morgan fingerprint density at radius 2 is 2.19 bits per heavy atom. The van der Waals surface area contributed by atoms with Crippen molar-refractivity contribution in [3.63, 3.8) is 0 Å². The van der Waals surface area contributed by atoms with Gasteiger partial charge in [0.1, 0.15) is 5.75 Å². The Hall–Kier alpha value is -0.970. The lowest BCUT2D eigenvalue weighted by molar-refractivity contribution is -0.137. The van der Waals surface area contributed by atoms with Crippen molar-refractivity contribution < 1.29 is 14.6 Å². The van der Waals surface area contributed by atoms with Crippen LogP contribution in [0.1, 0.15) is 18.0 Å². The molecule has 0 fully saturated rings. The number of aliphatic carboxylic acids is 1. The minimum Gasteiger partial charge on any atom is -0.497 e. The maximum absolute atomic E-state index is 10.5. The number of nitrogens with two attached hydrogens (primary N) is 1. The molecule has 6 heteroatoms. The van der Waals surface area contributed by atoms with Crippen LogP contribution >= 0.6 is 24.0 Å². The second-order valence-corrected chi connectivity index (χ2v) is 3.57. The van der Waals surface area contributed by atoms with E-state index in [-0.39, 0.29) is 18.8 Å². The maximum atomic E-state index is 10.5. The Morgan fingerprint density at radius 3 is 2.69 bits per heavy atom. The summed E-state index contributed by atoms with van der Waals surface area (Å²) in [6.45, 7) is 0. The fourth-order valence-electron chi connectivity index (χ4n) is 1.22. The topological polar surface area (TPSA) is 72.5 Å². The van der Waals surface area contributed by atoms with E-state index in [1.165, 1.54) is 7.11 Å². The second kappa shape index (κ2) is 6.58. The number of rotatable bonds is 4. The molecule has 90 valence electrons. The second-order valence-electron chi connectivity index (χ2n) is 3.13. The molecular formula is C10H13Cl2NO3. The predicted molar refractivity (Wildman–Crippen MR) is 64.4 cm³/mol. The average Bonchev–Trinajstić information content (AvgIpc) is 2.15. The normalized spacial score (nSPS) is 11.4. The smallest absolute Gasteiger partial charge is 0.305 e. The summed E-state index contributed by atoms with van der Waals surface area (Å²) in [5.74, 6) is -0.375. The molecule has 1 unspecified atom stereocenters. The number of halogens is 2. The molecule has 4 nitrogen and oxygen atoms in total. The third kappa shape index (κ3) is 4.26. The van der Waals surface area contributed by atoms with Crippen LogP contribution < -0.4 is 10.5 Å². The van der Waals surface area contributed by atoms with E-state index in [0.29, 0.717) is 16.3 Å². The van der Waals surface area contributed by atoms with Crippen LogP contribution in [0.25, 0.3) is 0 Å². The molecule has 0 aliphatic carbocycles. The first-order chi connectivity index (χ1) is 7.02. The molecular weight excluding hydrogens is 253 g/mol. The van der Waals surface area contributed by atoms with Crippen LogP contribution in [0.5, 0.6) is 5.75 Å². The number of hydrogen-bond acceptors (Lipinski definition) is 3. The summed E-state index contributed by atoms with van der Waals surface area (Å²) in [4.78, 5) is 10.5. The lowest BCUT2D eigenvalue weighted by atomic mass is 10.0. The van der Waals surface area contributed by atoms with Gasteiger partial charge in [0.25, 0.3) is 0 Å². The van der Waals surface area contributed by atoms with Crippen LogP contribution in [0.15, 0.2) is 18.2 Å². The number of benzene rings is 1. The van der Waals surface area contributed by atoms with Gasteiger partial charge in [0, 0.05) is 11.1 Å². The van der Waals surface area contributed by atoms with Crippen molar-refractivity contribution in [3.05, 3.63) is 28.8 Å². The van der Waals surface area contributed by atoms with E-state index in [4.69, 9.17) is 27.2 Å². The first kappa shape index (κ1) is 15.0. The zero-order valence-electron chi connectivity index (χ0n) is 8.64. The van der Waals surface area contributed by atoms with Gasteiger partial charge in [-0.2, -0.15) is 0 Å². The lowest BCUT2D eigenvalue weighted by Crippen LogP contribution is -2.15. The standard InChI is InChI=1S/C10H12ClNO3.ClH/c1-15-8-3-6(2-7(11)4-8)9(12)5-10(13)14;/h2-4,9H,5,12H2,1H3,(H,13,14);1H. The number of methoxy groups -OCH3 is 1. The van der Waals surface area contributed by atoms with E-state index in [9.17, 15) is 4.79 Å². The van der Waals surface area contributed by atoms with E-state index in [2.05, 4.69) is 0 Å². The summed E-state index contributed by atoms with van der Waals surface area (Å²) >= 11 is 5.83. The van der Waals surface area contributed by atoms with Gasteiger partial charge in [-0.25, -0.2) is 0 Å². The van der Waals surface area contributed by atoms with Crippen molar-refractivity contribution in [1.82, 2.24) is 0 Å². The molecule has 0 aliphatic heterocycles. The summed E-state index contributed by atoms with van der Waals surface area (Å²) in [6.07, 6.45) is -0.135. The van der Waals surface area contributed by atoms with E-state index in [0.717, 1.165) is 0 Å². The summed E-state index contributed by atoms with van der Waals surface area (Å²) in [5, 5.41) is 9.07. The lowest BCUT2D eigenvalue weighted by Gasteiger charge is -2.11. The van der Waals surface area contributed by atoms with Crippen LogP contribution in [0, 0.1) is 0 Å². The van der Waals surface area contributed by atoms with E-state index in [1.54, 1.807) is 18.2 Å². The SMILES string of the molecule is COc1cc(Cl)cc(C(N)CC(=O)O)c1.Cl. The highest BCUT2D eigenvalue weighted by atomic mass is 35.5. The number of ether oxygens (including phenoxy) is 1. The minimum atomic E-state index is -0.943. The Balaban J connectivity index is 0.00000225. The highest BCUT2D eigenvalue weighted by Crippen LogP contribution is 2.25. The largest absolute Gasteiger partial charge is 0.497 e. The van der Waals surface area contributed by atoms with Gasteiger partial charge in [0.05, 0.1) is 13.5 Å². The van der Waals surface area contributed by atoms with Crippen molar-refractivity contribution in [3.8, 4) is 5.75 Å². The number of carbonyl (C=O) groups is 1. The Labute approximate surface area is 105 Å². The number of hydrogen-bond donors (Lipinski definition) is 2. The Bertz CT molecular complexity index is 371. The molecule has 1 rings (SSSR count). The molecule has 0 saturated carbocycles. The van der Waals surface area contributed by atoms with Gasteiger partial charge in [0.15, 0.2) is 0 Å². The van der Waals surface area contributed by atoms with Crippen LogP contribution in [-0.4, -0.2) is 18.2 Å². The Morgan fingerprint density at radius 1 is 1.56 bits per heavy atom. The molecule has 0 spiro atoms. The quantitative estimate of drug-likeness (QED) is 0.876. The van der Waals surface area contributed by atoms with Crippen molar-refractivity contribution in [2.24, 2.45) is 5.73 Å². The molecule has 0 saturated heterocycles. The first-order valence-electron chi connectivity index (χ1n) is 4.34. The van der Waals surface area contributed by atoms with Gasteiger partial charge >= 0.3 is 5.97 Å². The highest BCUT2D eigenvalue weighted by Gasteiger charge is 2.12. The summed E-state index contributed by atoms with van der Waals surface area (Å²) in [5.41, 5.74) is 6.35. The average molecular weight is 266 g/mol. The molecule has 0 aliphatic rings. The van der Waals surface area contributed by atoms with E-state index in [1.807, 2.05) is 0 Å². The Kier molecular flexibility index (Phi) is 6.18. The predicted octanol–water partition coefficient (Wildman–Crippen LogP) is 2.24. The minimum absolute atomic E-state index is 0. The molecule has 1 aromatic rings. The summed E-state index contributed by atoms with van der Waals surface area (Å²) in [6, 6.07) is 4.38. The molecule has 0 radical (unpaired) electrons. The fourth-order valence-corrected chi connectivity index (χ4v) is 1.46. The maximum Gasteiger partial charge on any atom is 0.305 e. The molecule has 0 amide bonds. The van der Waals surface area contributed by atoms with Gasteiger partial charge in [0.2, 0.25) is 0 Å². The van der Waals surface area contributed by atoms with Crippen molar-refractivity contribution >= 4 is 30.0 Å². The first-order valence-corrected chi connectivity index (χ1v) is 4.72. The monoisotopic (exact) mass is 265 g/mol. The number of carboxylic acid groups (broad SMARTS) is 1. The van der Waals surface area contributed by atoms with Crippen LogP contribution in [-0.2, 0) is 4.79 Å². The van der Waals surface area contributed by atoms with Crippen LogP contribution in [0.4, 0.5) is 0 Å². The fraction of sp³-hybridized carbons (Fsp3) is 0.300. The third-order valence-corrected chi connectivity index (χ3v) is 2.17. The van der Waals surface area contributed by atoms with Crippen molar-refractivity contribution in [1.29, 1.82) is 0 Å². The molecule has 3 N–H and O–H groups in total. The van der Waals surface area contributed by atoms with Crippen LogP contribution in [0.3, 0.4) is 0 Å². The van der Waals surface area contributed by atoms with Gasteiger partial charge in [-0.3, -0.25) is 4.79 Å². The molecule has 1 aromatic carbocycles. The van der Waals surface area contributed by atoms with Gasteiger partial charge in [-0.1, -0.05) is 11.6 Å². The summed E-state index contributed by atoms with van der Waals surface area (Å²) < 4.78 is 5.00. The highest BCUT2D eigenvalue weighted by molar-refractivity contribution is 6.30. The molecule has 1 atom stereocenters. The summed E-state index contributed by atoms with van der Waals surface area (Å²) in [7, 11) is 1.51. The van der Waals surface area contributed by atoms with Gasteiger partial charge in [-0.15, -0.1) is 12.4 Å². The molecule has 0 aromatic heterocycles.